The van der Waals surface area contributed by atoms with Gasteiger partial charge in [0.05, 0.1) is 6.10 Å². The van der Waals surface area contributed by atoms with E-state index in [9.17, 15) is 5.11 Å². The third-order valence-corrected chi connectivity index (χ3v) is 2.90. The molecule has 0 fully saturated rings. The third-order valence-electron chi connectivity index (χ3n) is 2.90. The minimum atomic E-state index is -0.480. The van der Waals surface area contributed by atoms with Crippen molar-refractivity contribution in [1.29, 1.82) is 0 Å². The lowest BCUT2D eigenvalue weighted by Crippen LogP contribution is -2.33. The van der Waals surface area contributed by atoms with Gasteiger partial charge in [-0.3, -0.25) is 0 Å². The molecule has 19 heavy (non-hydrogen) atoms. The van der Waals surface area contributed by atoms with E-state index < -0.39 is 6.10 Å². The highest BCUT2D eigenvalue weighted by molar-refractivity contribution is 5.53. The van der Waals surface area contributed by atoms with Gasteiger partial charge < -0.3 is 14.9 Å². The van der Waals surface area contributed by atoms with Crippen molar-refractivity contribution in [3.05, 3.63) is 30.3 Å². The average molecular weight is 261 g/mol. The van der Waals surface area contributed by atoms with Crippen molar-refractivity contribution in [2.24, 2.45) is 5.41 Å². The Morgan fingerprint density at radius 2 is 1.95 bits per heavy atom. The summed E-state index contributed by atoms with van der Waals surface area (Å²) in [6.45, 7) is 6.32. The van der Waals surface area contributed by atoms with Crippen LogP contribution in [-0.2, 0) is 0 Å². The summed E-state index contributed by atoms with van der Waals surface area (Å²) in [5.74, 6) is 0.857. The zero-order valence-electron chi connectivity index (χ0n) is 11.4. The summed E-state index contributed by atoms with van der Waals surface area (Å²) in [5.41, 5.74) is 0.693. The summed E-state index contributed by atoms with van der Waals surface area (Å²) in [6, 6.07) is 9.56. The molecule has 0 aliphatic heterocycles. The highest BCUT2D eigenvalue weighted by Crippen LogP contribution is 2.20. The monoisotopic (exact) mass is 261 g/mol. The molecule has 0 bridgehead atoms. The van der Waals surface area contributed by atoms with Gasteiger partial charge in [0, 0.05) is 12.1 Å². The van der Waals surface area contributed by atoms with Crippen LogP contribution in [0.5, 0.6) is 0 Å². The quantitative estimate of drug-likeness (QED) is 0.885. The molecule has 2 aromatic rings. The van der Waals surface area contributed by atoms with Crippen LogP contribution in [0, 0.1) is 5.41 Å². The van der Waals surface area contributed by atoms with Crippen LogP contribution in [0.2, 0.25) is 0 Å². The maximum absolute atomic E-state index is 9.92. The van der Waals surface area contributed by atoms with Crippen LogP contribution in [0.15, 0.2) is 34.9 Å². The number of nitrogens with one attached hydrogen (secondary N) is 1. The Kier molecular flexibility index (Phi) is 3.85. The molecule has 2 rings (SSSR count). The van der Waals surface area contributed by atoms with Gasteiger partial charge >= 0.3 is 0 Å². The van der Waals surface area contributed by atoms with E-state index >= 15 is 0 Å². The largest absolute Gasteiger partial charge is 0.391 e. The maximum Gasteiger partial charge on any atom is 0.263 e. The lowest BCUT2D eigenvalue weighted by Gasteiger charge is -2.25. The lowest BCUT2D eigenvalue weighted by molar-refractivity contribution is 0.0744. The van der Waals surface area contributed by atoms with Gasteiger partial charge in [0.15, 0.2) is 0 Å². The van der Waals surface area contributed by atoms with Gasteiger partial charge in [0.1, 0.15) is 0 Å². The van der Waals surface area contributed by atoms with Gasteiger partial charge in [-0.05, 0) is 22.7 Å². The molecule has 5 heteroatoms. The fraction of sp³-hybridized carbons (Fsp3) is 0.429. The van der Waals surface area contributed by atoms with Gasteiger partial charge in [-0.25, -0.2) is 0 Å². The number of benzene rings is 1. The number of anilines is 1. The molecule has 2 N–H and O–H groups in total. The summed E-state index contributed by atoms with van der Waals surface area (Å²) < 4.78 is 5.16. The van der Waals surface area contributed by atoms with Gasteiger partial charge in [0.2, 0.25) is 0 Å². The molecule has 0 spiro atoms. The minimum Gasteiger partial charge on any atom is -0.391 e. The second-order valence-electron chi connectivity index (χ2n) is 5.55. The van der Waals surface area contributed by atoms with Crippen molar-refractivity contribution in [2.75, 3.05) is 11.9 Å². The zero-order valence-corrected chi connectivity index (χ0v) is 11.4. The standard InChI is InChI=1S/C14H19N3O2/c1-14(2,3)11(18)9-15-13-16-12(19-17-13)10-7-5-4-6-8-10/h4-8,11,18H,9H2,1-3H3,(H,15,17). The van der Waals surface area contributed by atoms with E-state index in [2.05, 4.69) is 15.5 Å². The van der Waals surface area contributed by atoms with Crippen LogP contribution < -0.4 is 5.32 Å². The Balaban J connectivity index is 1.99. The molecule has 0 saturated carbocycles. The summed E-state index contributed by atoms with van der Waals surface area (Å²) in [7, 11) is 0. The van der Waals surface area contributed by atoms with Crippen LogP contribution in [0.3, 0.4) is 0 Å². The van der Waals surface area contributed by atoms with E-state index in [0.29, 0.717) is 18.4 Å². The van der Waals surface area contributed by atoms with E-state index in [0.717, 1.165) is 5.56 Å². The topological polar surface area (TPSA) is 71.2 Å². The summed E-state index contributed by atoms with van der Waals surface area (Å²) in [4.78, 5) is 4.23. The average Bonchev–Trinajstić information content (AvgIpc) is 2.84. The molecule has 102 valence electrons. The van der Waals surface area contributed by atoms with E-state index in [-0.39, 0.29) is 5.41 Å². The van der Waals surface area contributed by atoms with Crippen LogP contribution in [0.4, 0.5) is 5.95 Å². The molecule has 0 radical (unpaired) electrons. The number of nitrogens with zero attached hydrogens (tertiary/aromatic N) is 2. The van der Waals surface area contributed by atoms with Gasteiger partial charge in [0.25, 0.3) is 11.8 Å². The Bertz CT molecular complexity index is 517. The van der Waals surface area contributed by atoms with E-state index in [1.165, 1.54) is 0 Å². The van der Waals surface area contributed by atoms with Crippen LogP contribution >= 0.6 is 0 Å². The molecule has 5 nitrogen and oxygen atoms in total. The summed E-state index contributed by atoms with van der Waals surface area (Å²) >= 11 is 0. The first-order chi connectivity index (χ1) is 8.97. The van der Waals surface area contributed by atoms with Crippen molar-refractivity contribution in [2.45, 2.75) is 26.9 Å². The first-order valence-corrected chi connectivity index (χ1v) is 6.28. The summed E-state index contributed by atoms with van der Waals surface area (Å²) in [5, 5.41) is 16.7. The van der Waals surface area contributed by atoms with Crippen LogP contribution in [0.25, 0.3) is 11.5 Å². The Labute approximate surface area is 112 Å². The molecule has 1 heterocycles. The number of aliphatic hydroxyl groups is 1. The van der Waals surface area contributed by atoms with E-state index in [1.54, 1.807) is 0 Å². The predicted octanol–water partition coefficient (Wildman–Crippen LogP) is 2.56. The molecule has 0 saturated heterocycles. The first-order valence-electron chi connectivity index (χ1n) is 6.28. The number of rotatable bonds is 4. The van der Waals surface area contributed by atoms with E-state index in [4.69, 9.17) is 4.52 Å². The highest BCUT2D eigenvalue weighted by Gasteiger charge is 2.22. The Morgan fingerprint density at radius 1 is 1.26 bits per heavy atom. The molecule has 1 aromatic heterocycles. The zero-order chi connectivity index (χ0) is 13.9. The Hall–Kier alpha value is -1.88. The van der Waals surface area contributed by atoms with Crippen molar-refractivity contribution in [3.63, 3.8) is 0 Å². The second-order valence-corrected chi connectivity index (χ2v) is 5.55. The minimum absolute atomic E-state index is 0.182. The van der Waals surface area contributed by atoms with Gasteiger partial charge in [-0.15, -0.1) is 0 Å². The maximum atomic E-state index is 9.92. The first kappa shape index (κ1) is 13.5. The molecule has 0 amide bonds. The van der Waals surface area contributed by atoms with Crippen molar-refractivity contribution in [1.82, 2.24) is 10.1 Å². The molecule has 1 unspecified atom stereocenters. The molecule has 1 aromatic carbocycles. The number of hydrogen-bond donors (Lipinski definition) is 2. The highest BCUT2D eigenvalue weighted by atomic mass is 16.5. The number of hydrogen-bond acceptors (Lipinski definition) is 5. The van der Waals surface area contributed by atoms with Crippen molar-refractivity contribution >= 4 is 5.95 Å². The molecular weight excluding hydrogens is 242 g/mol. The molecule has 0 aliphatic carbocycles. The smallest absolute Gasteiger partial charge is 0.263 e. The van der Waals surface area contributed by atoms with E-state index in [1.807, 2.05) is 51.1 Å². The Morgan fingerprint density at radius 3 is 2.58 bits per heavy atom. The molecular formula is C14H19N3O2. The van der Waals surface area contributed by atoms with Crippen molar-refractivity contribution < 1.29 is 9.63 Å². The second kappa shape index (κ2) is 5.40. The van der Waals surface area contributed by atoms with Crippen molar-refractivity contribution in [3.8, 4) is 11.5 Å². The third kappa shape index (κ3) is 3.54. The summed E-state index contributed by atoms with van der Waals surface area (Å²) in [6.07, 6.45) is -0.480. The number of aromatic nitrogens is 2. The SMILES string of the molecule is CC(C)(C)C(O)CNc1noc(-c2ccccc2)n1. The number of aliphatic hydroxyl groups excluding tert-OH is 1. The molecule has 1 atom stereocenters. The lowest BCUT2D eigenvalue weighted by atomic mass is 9.89. The normalized spacial score (nSPS) is 13.3. The van der Waals surface area contributed by atoms with Gasteiger partial charge in [-0.2, -0.15) is 4.98 Å². The van der Waals surface area contributed by atoms with Crippen LogP contribution in [-0.4, -0.2) is 27.9 Å². The molecule has 0 aliphatic rings. The fourth-order valence-corrected chi connectivity index (χ4v) is 1.49. The fourth-order valence-electron chi connectivity index (χ4n) is 1.49. The van der Waals surface area contributed by atoms with Crippen LogP contribution in [0.1, 0.15) is 20.8 Å². The predicted molar refractivity (Wildman–Crippen MR) is 73.7 cm³/mol. The van der Waals surface area contributed by atoms with Gasteiger partial charge in [-0.1, -0.05) is 39.0 Å².